The number of halogens is 1. The van der Waals surface area contributed by atoms with Gasteiger partial charge in [-0.25, -0.2) is 4.39 Å². The summed E-state index contributed by atoms with van der Waals surface area (Å²) in [6, 6.07) is 5.97. The summed E-state index contributed by atoms with van der Waals surface area (Å²) in [7, 11) is 0. The summed E-state index contributed by atoms with van der Waals surface area (Å²) in [6.07, 6.45) is 12.6. The fourth-order valence-corrected chi connectivity index (χ4v) is 5.36. The van der Waals surface area contributed by atoms with Crippen molar-refractivity contribution in [2.75, 3.05) is 19.8 Å². The molecule has 4 rings (SSSR count). The van der Waals surface area contributed by atoms with Gasteiger partial charge in [-0.05, 0) is 75.7 Å². The molecule has 1 N–H and O–H groups in total. The average Bonchev–Trinajstić information content (AvgIpc) is 3.26. The highest BCUT2D eigenvalue weighted by molar-refractivity contribution is 5.85. The van der Waals surface area contributed by atoms with Crippen molar-refractivity contribution in [3.8, 4) is 5.75 Å². The van der Waals surface area contributed by atoms with Crippen molar-refractivity contribution in [1.29, 1.82) is 0 Å². The minimum absolute atomic E-state index is 0.0374. The zero-order valence-corrected chi connectivity index (χ0v) is 23.5. The number of carbonyl (C=O) groups excluding carboxylic acids is 1. The third-order valence-corrected chi connectivity index (χ3v) is 7.51. The van der Waals surface area contributed by atoms with Crippen LogP contribution in [0.3, 0.4) is 0 Å². The summed E-state index contributed by atoms with van der Waals surface area (Å²) in [5, 5.41) is 8.82. The second-order valence-corrected chi connectivity index (χ2v) is 10.7. The van der Waals surface area contributed by atoms with Crippen LogP contribution in [0.2, 0.25) is 0 Å². The fourth-order valence-electron chi connectivity index (χ4n) is 5.36. The molecule has 224 valence electrons. The Balaban J connectivity index is 1.48. The van der Waals surface area contributed by atoms with Crippen LogP contribution in [0.15, 0.2) is 54.3 Å². The molecule has 1 aliphatic carbocycles. The highest BCUT2D eigenvalue weighted by Crippen LogP contribution is 2.37. The van der Waals surface area contributed by atoms with Crippen LogP contribution in [0.25, 0.3) is 0 Å². The van der Waals surface area contributed by atoms with Gasteiger partial charge < -0.3 is 28.8 Å². The number of aliphatic carboxylic acids is 1. The lowest BCUT2D eigenvalue weighted by Gasteiger charge is -2.29. The van der Waals surface area contributed by atoms with E-state index in [9.17, 15) is 14.0 Å². The molecule has 4 unspecified atom stereocenters. The van der Waals surface area contributed by atoms with Gasteiger partial charge in [0.15, 0.2) is 12.6 Å². The number of hydrogen-bond acceptors (Lipinski definition) is 7. The van der Waals surface area contributed by atoms with E-state index in [2.05, 4.69) is 5.73 Å². The first-order valence-electron chi connectivity index (χ1n) is 14.7. The molecule has 0 spiro atoms. The van der Waals surface area contributed by atoms with E-state index in [0.29, 0.717) is 31.8 Å². The normalized spacial score (nSPS) is 27.3. The number of Topliss-reactive ketones (excluding diaryl/α,β-unsaturated/α-hetero) is 1. The van der Waals surface area contributed by atoms with Crippen LogP contribution < -0.4 is 4.74 Å². The molecular formula is C32H41FO8. The van der Waals surface area contributed by atoms with Crippen LogP contribution in [0.5, 0.6) is 5.75 Å². The molecule has 0 radical (unpaired) electrons. The molecule has 6 atom stereocenters. The molecule has 1 aromatic carbocycles. The van der Waals surface area contributed by atoms with Crippen LogP contribution in [-0.2, 0) is 28.5 Å². The molecule has 2 aliphatic heterocycles. The SMILES string of the molecule is O=C(O)CCC=C=CC[C@H]1C(=O)CC(OC2CCCCO2)[C@@H]1/C=C/C(COc1cccc(F)c1)OC1CCCCO1. The van der Waals surface area contributed by atoms with Gasteiger partial charge in [0.2, 0.25) is 0 Å². The molecule has 41 heavy (non-hydrogen) atoms. The average molecular weight is 573 g/mol. The van der Waals surface area contributed by atoms with E-state index in [1.54, 1.807) is 24.3 Å². The van der Waals surface area contributed by atoms with Gasteiger partial charge in [0.25, 0.3) is 0 Å². The molecule has 8 nitrogen and oxygen atoms in total. The Kier molecular flexibility index (Phi) is 12.6. The van der Waals surface area contributed by atoms with E-state index >= 15 is 0 Å². The number of carbonyl (C=O) groups is 2. The van der Waals surface area contributed by atoms with Crippen molar-refractivity contribution < 1.29 is 42.8 Å². The molecule has 1 saturated carbocycles. The lowest BCUT2D eigenvalue weighted by Crippen LogP contribution is -2.32. The number of carboxylic acid groups (broad SMARTS) is 1. The molecule has 2 heterocycles. The molecule has 0 amide bonds. The van der Waals surface area contributed by atoms with E-state index in [1.807, 2.05) is 12.2 Å². The maximum absolute atomic E-state index is 13.7. The first kappa shape index (κ1) is 31.1. The van der Waals surface area contributed by atoms with Crippen molar-refractivity contribution in [1.82, 2.24) is 0 Å². The van der Waals surface area contributed by atoms with Gasteiger partial charge in [-0.2, -0.15) is 0 Å². The molecule has 3 aliphatic rings. The zero-order valence-electron chi connectivity index (χ0n) is 23.5. The van der Waals surface area contributed by atoms with E-state index in [-0.39, 0.29) is 61.6 Å². The van der Waals surface area contributed by atoms with Crippen molar-refractivity contribution in [2.24, 2.45) is 11.8 Å². The Morgan fingerprint density at radius 3 is 2.61 bits per heavy atom. The summed E-state index contributed by atoms with van der Waals surface area (Å²) >= 11 is 0. The second kappa shape index (κ2) is 16.6. The van der Waals surface area contributed by atoms with E-state index in [0.717, 1.165) is 38.5 Å². The van der Waals surface area contributed by atoms with Crippen molar-refractivity contribution in [3.63, 3.8) is 0 Å². The van der Waals surface area contributed by atoms with Gasteiger partial charge in [0.1, 0.15) is 30.1 Å². The van der Waals surface area contributed by atoms with Crippen molar-refractivity contribution in [2.45, 2.75) is 89.0 Å². The van der Waals surface area contributed by atoms with Crippen LogP contribution in [0.4, 0.5) is 4.39 Å². The Hall–Kier alpha value is -2.81. The molecule has 0 aromatic heterocycles. The Labute approximate surface area is 241 Å². The Morgan fingerprint density at radius 2 is 1.90 bits per heavy atom. The minimum Gasteiger partial charge on any atom is -0.490 e. The predicted molar refractivity (Wildman–Crippen MR) is 149 cm³/mol. The fraction of sp³-hybridized carbons (Fsp3) is 0.594. The number of benzene rings is 1. The van der Waals surface area contributed by atoms with Crippen LogP contribution >= 0.6 is 0 Å². The Bertz CT molecular complexity index is 1070. The minimum atomic E-state index is -0.860. The maximum atomic E-state index is 13.7. The number of hydrogen-bond donors (Lipinski definition) is 1. The summed E-state index contributed by atoms with van der Waals surface area (Å²) in [5.74, 6) is -1.28. The predicted octanol–water partition coefficient (Wildman–Crippen LogP) is 5.76. The van der Waals surface area contributed by atoms with Gasteiger partial charge >= 0.3 is 5.97 Å². The van der Waals surface area contributed by atoms with Crippen LogP contribution in [0.1, 0.15) is 64.2 Å². The second-order valence-electron chi connectivity index (χ2n) is 10.7. The maximum Gasteiger partial charge on any atom is 0.303 e. The summed E-state index contributed by atoms with van der Waals surface area (Å²) < 4.78 is 43.7. The quantitative estimate of drug-likeness (QED) is 0.222. The molecule has 3 fully saturated rings. The van der Waals surface area contributed by atoms with Gasteiger partial charge in [-0.1, -0.05) is 18.2 Å². The smallest absolute Gasteiger partial charge is 0.303 e. The van der Waals surface area contributed by atoms with Crippen molar-refractivity contribution in [3.05, 3.63) is 60.1 Å². The number of rotatable bonds is 14. The summed E-state index contributed by atoms with van der Waals surface area (Å²) in [5.41, 5.74) is 3.02. The summed E-state index contributed by atoms with van der Waals surface area (Å²) in [4.78, 5) is 23.9. The molecular weight excluding hydrogens is 531 g/mol. The Morgan fingerprint density at radius 1 is 1.12 bits per heavy atom. The third kappa shape index (κ3) is 10.5. The van der Waals surface area contributed by atoms with Crippen LogP contribution in [0, 0.1) is 17.7 Å². The number of allylic oxidation sites excluding steroid dienone is 1. The number of ether oxygens (including phenoxy) is 5. The molecule has 0 bridgehead atoms. The highest BCUT2D eigenvalue weighted by Gasteiger charge is 2.42. The van der Waals surface area contributed by atoms with Gasteiger partial charge in [0, 0.05) is 44.0 Å². The molecule has 2 saturated heterocycles. The first-order valence-corrected chi connectivity index (χ1v) is 14.7. The first-order chi connectivity index (χ1) is 20.0. The standard InChI is InChI=1S/C32H41FO8/c33-23-10-9-11-24(20-23)39-22-25(40-31-14-5-7-18-37-31)16-17-27-26(12-3-1-2-4-13-30(35)36)28(34)21-29(27)41-32-15-6-8-19-38-32/h2-3,9-11,16-17,20,25-27,29,31-32H,4-8,12-15,18-19,21-22H2,(H,35,36)/b17-16+/t1?,25?,26-,27-,29?,31?,32?/m1/s1. The van der Waals surface area contributed by atoms with E-state index < -0.39 is 12.1 Å². The lowest BCUT2D eigenvalue weighted by atomic mass is 9.90. The lowest BCUT2D eigenvalue weighted by molar-refractivity contribution is -0.192. The van der Waals surface area contributed by atoms with Crippen LogP contribution in [-0.4, -0.2) is 61.5 Å². The van der Waals surface area contributed by atoms with E-state index in [4.69, 9.17) is 28.8 Å². The topological polar surface area (TPSA) is 101 Å². The third-order valence-electron chi connectivity index (χ3n) is 7.51. The summed E-state index contributed by atoms with van der Waals surface area (Å²) in [6.45, 7) is 1.43. The highest BCUT2D eigenvalue weighted by atomic mass is 19.1. The number of carboxylic acids is 1. The molecule has 1 aromatic rings. The molecule has 9 heteroatoms. The monoisotopic (exact) mass is 572 g/mol. The van der Waals surface area contributed by atoms with E-state index in [1.165, 1.54) is 12.1 Å². The number of ketones is 1. The van der Waals surface area contributed by atoms with Gasteiger partial charge in [-0.15, -0.1) is 5.73 Å². The van der Waals surface area contributed by atoms with Crippen molar-refractivity contribution >= 4 is 11.8 Å². The van der Waals surface area contributed by atoms with Gasteiger partial charge in [-0.3, -0.25) is 9.59 Å². The van der Waals surface area contributed by atoms with Gasteiger partial charge in [0.05, 0.1) is 6.10 Å². The zero-order chi connectivity index (χ0) is 28.9. The largest absolute Gasteiger partial charge is 0.490 e.